The van der Waals surface area contributed by atoms with Crippen molar-refractivity contribution in [1.82, 2.24) is 0 Å². The number of benzene rings is 3. The Morgan fingerprint density at radius 2 is 1.12 bits per heavy atom. The number of carbonyl (C=O) groups is 1. The van der Waals surface area contributed by atoms with Gasteiger partial charge in [-0.1, -0.05) is 110 Å². The van der Waals surface area contributed by atoms with Gasteiger partial charge in [0, 0.05) is 12.3 Å². The number of hydrogen-bond acceptors (Lipinski definition) is 2. The van der Waals surface area contributed by atoms with Crippen molar-refractivity contribution >= 4 is 13.3 Å². The highest BCUT2D eigenvalue weighted by molar-refractivity contribution is 7.56. The van der Waals surface area contributed by atoms with E-state index < -0.39 is 18.8 Å². The summed E-state index contributed by atoms with van der Waals surface area (Å²) < 4.78 is 12.1. The summed E-state index contributed by atoms with van der Waals surface area (Å²) in [5, 5.41) is 9.44. The first-order chi connectivity index (χ1) is 15.4. The van der Waals surface area contributed by atoms with Gasteiger partial charge in [-0.2, -0.15) is 0 Å². The molecule has 0 atom stereocenters. The van der Waals surface area contributed by atoms with E-state index in [-0.39, 0.29) is 12.3 Å². The average molecular weight is 451 g/mol. The smallest absolute Gasteiger partial charge is 0.314 e. The van der Waals surface area contributed by atoms with Crippen LogP contribution in [0.4, 0.5) is 0 Å². The highest BCUT2D eigenvalue weighted by atomic mass is 31.2. The van der Waals surface area contributed by atoms with E-state index in [2.05, 4.69) is 0 Å². The van der Waals surface area contributed by atoms with Crippen LogP contribution in [-0.2, 0) is 27.1 Å². The standard InChI is InChI=1S/C14H15O2P.C13H16O2/c15-17(16,11-13-7-3-1-4-8-13)12-14-9-5-2-6-10-14;14-12(15)13(9-5-2-6-10-13)11-7-3-1-4-8-11/h1-10H,11-12H2,(H,15,16);1,3-4,7-8H,2,5-6,9-10H2,(H,14,15). The third-order valence-electron chi connectivity index (χ3n) is 5.99. The molecule has 0 amide bonds. The van der Waals surface area contributed by atoms with Crippen molar-refractivity contribution in [1.29, 1.82) is 0 Å². The van der Waals surface area contributed by atoms with E-state index in [1.807, 2.05) is 91.0 Å². The Hall–Kier alpha value is -2.68. The molecule has 5 heteroatoms. The van der Waals surface area contributed by atoms with Crippen LogP contribution in [0.1, 0.15) is 48.8 Å². The molecule has 0 heterocycles. The van der Waals surface area contributed by atoms with E-state index >= 15 is 0 Å². The van der Waals surface area contributed by atoms with Crippen molar-refractivity contribution in [3.63, 3.8) is 0 Å². The van der Waals surface area contributed by atoms with Crippen LogP contribution in [0.3, 0.4) is 0 Å². The van der Waals surface area contributed by atoms with Gasteiger partial charge in [0.25, 0.3) is 0 Å². The zero-order valence-electron chi connectivity index (χ0n) is 18.3. The second-order valence-corrected chi connectivity index (χ2v) is 10.8. The van der Waals surface area contributed by atoms with Crippen molar-refractivity contribution in [3.8, 4) is 0 Å². The fraction of sp³-hybridized carbons (Fsp3) is 0.296. The summed E-state index contributed by atoms with van der Waals surface area (Å²) in [6.07, 6.45) is 5.27. The van der Waals surface area contributed by atoms with Crippen molar-refractivity contribution in [2.75, 3.05) is 0 Å². The number of rotatable bonds is 6. The minimum absolute atomic E-state index is 0.239. The van der Waals surface area contributed by atoms with Gasteiger partial charge in [0.15, 0.2) is 0 Å². The highest BCUT2D eigenvalue weighted by Crippen LogP contribution is 2.47. The van der Waals surface area contributed by atoms with Crippen LogP contribution >= 0.6 is 7.37 Å². The maximum absolute atomic E-state index is 12.1. The van der Waals surface area contributed by atoms with Gasteiger partial charge in [0.2, 0.25) is 7.37 Å². The van der Waals surface area contributed by atoms with Gasteiger partial charge in [0.05, 0.1) is 5.41 Å². The number of carboxylic acid groups (broad SMARTS) is 1. The summed E-state index contributed by atoms with van der Waals surface area (Å²) in [5.41, 5.74) is 2.18. The Morgan fingerprint density at radius 1 is 0.719 bits per heavy atom. The number of hydrogen-bond donors (Lipinski definition) is 2. The average Bonchev–Trinajstić information content (AvgIpc) is 2.81. The predicted molar refractivity (Wildman–Crippen MR) is 129 cm³/mol. The molecule has 3 aromatic carbocycles. The quantitative estimate of drug-likeness (QED) is 0.413. The maximum atomic E-state index is 12.1. The molecule has 1 aliphatic carbocycles. The molecule has 0 saturated heterocycles. The first-order valence-electron chi connectivity index (χ1n) is 11.1. The fourth-order valence-electron chi connectivity index (χ4n) is 4.33. The van der Waals surface area contributed by atoms with Gasteiger partial charge in [-0.15, -0.1) is 0 Å². The third kappa shape index (κ3) is 6.66. The highest BCUT2D eigenvalue weighted by Gasteiger charge is 2.40. The molecule has 0 radical (unpaired) electrons. The molecule has 1 fully saturated rings. The molecule has 168 valence electrons. The van der Waals surface area contributed by atoms with Crippen LogP contribution in [0.5, 0.6) is 0 Å². The summed E-state index contributed by atoms with van der Waals surface area (Å²) in [4.78, 5) is 21.5. The van der Waals surface area contributed by atoms with E-state index in [0.717, 1.165) is 42.4 Å². The first kappa shape index (κ1) is 24.0. The Morgan fingerprint density at radius 3 is 1.53 bits per heavy atom. The summed E-state index contributed by atoms with van der Waals surface area (Å²) in [5.74, 6) is -0.659. The Labute approximate surface area is 190 Å². The lowest BCUT2D eigenvalue weighted by molar-refractivity contribution is -0.145. The number of aliphatic carboxylic acids is 1. The molecule has 4 rings (SSSR count). The van der Waals surface area contributed by atoms with Gasteiger partial charge in [-0.3, -0.25) is 9.36 Å². The summed E-state index contributed by atoms with van der Waals surface area (Å²) in [7, 11) is -3.14. The van der Waals surface area contributed by atoms with Crippen LogP contribution in [0.2, 0.25) is 0 Å². The topological polar surface area (TPSA) is 74.6 Å². The molecular weight excluding hydrogens is 419 g/mol. The first-order valence-corrected chi connectivity index (χ1v) is 13.1. The zero-order valence-corrected chi connectivity index (χ0v) is 19.2. The Balaban J connectivity index is 0.000000182. The minimum Gasteiger partial charge on any atom is -0.481 e. The molecule has 32 heavy (non-hydrogen) atoms. The van der Waals surface area contributed by atoms with Crippen LogP contribution < -0.4 is 0 Å². The molecule has 0 aromatic heterocycles. The molecule has 1 saturated carbocycles. The molecule has 0 aliphatic heterocycles. The molecular formula is C27H31O4P. The van der Waals surface area contributed by atoms with Crippen LogP contribution in [0.15, 0.2) is 91.0 Å². The van der Waals surface area contributed by atoms with Crippen LogP contribution in [0, 0.1) is 0 Å². The largest absolute Gasteiger partial charge is 0.481 e. The van der Waals surface area contributed by atoms with E-state index in [0.29, 0.717) is 0 Å². The van der Waals surface area contributed by atoms with E-state index in [9.17, 15) is 19.4 Å². The summed E-state index contributed by atoms with van der Waals surface area (Å²) in [6.45, 7) is 0. The predicted octanol–water partition coefficient (Wildman–Crippen LogP) is 6.63. The van der Waals surface area contributed by atoms with Crippen LogP contribution in [-0.4, -0.2) is 16.0 Å². The van der Waals surface area contributed by atoms with Crippen molar-refractivity contribution < 1.29 is 19.4 Å². The number of carboxylic acids is 1. The lowest BCUT2D eigenvalue weighted by atomic mass is 9.69. The van der Waals surface area contributed by atoms with Gasteiger partial charge >= 0.3 is 5.97 Å². The minimum atomic E-state index is -3.14. The lowest BCUT2D eigenvalue weighted by Gasteiger charge is -2.33. The third-order valence-corrected chi connectivity index (χ3v) is 7.71. The monoisotopic (exact) mass is 450 g/mol. The fourth-order valence-corrected chi connectivity index (χ4v) is 6.01. The van der Waals surface area contributed by atoms with Crippen molar-refractivity contribution in [2.24, 2.45) is 0 Å². The SMILES string of the molecule is O=C(O)C1(c2ccccc2)CCCCC1.O=P(O)(Cc1ccccc1)Cc1ccccc1. The van der Waals surface area contributed by atoms with Crippen molar-refractivity contribution in [2.45, 2.75) is 49.8 Å². The van der Waals surface area contributed by atoms with Gasteiger partial charge in [-0.05, 0) is 29.5 Å². The summed E-state index contributed by atoms with van der Waals surface area (Å²) in [6, 6.07) is 28.6. The van der Waals surface area contributed by atoms with E-state index in [1.165, 1.54) is 6.42 Å². The van der Waals surface area contributed by atoms with Gasteiger partial charge in [-0.25, -0.2) is 0 Å². The molecule has 2 N–H and O–H groups in total. The van der Waals surface area contributed by atoms with Gasteiger partial charge in [0.1, 0.15) is 0 Å². The van der Waals surface area contributed by atoms with E-state index in [4.69, 9.17) is 0 Å². The molecule has 1 aliphatic rings. The second-order valence-electron chi connectivity index (χ2n) is 8.45. The summed E-state index contributed by atoms with van der Waals surface area (Å²) >= 11 is 0. The Bertz CT molecular complexity index is 968. The van der Waals surface area contributed by atoms with Gasteiger partial charge < -0.3 is 10.00 Å². The molecule has 0 bridgehead atoms. The Kier molecular flexibility index (Phi) is 8.44. The molecule has 0 spiro atoms. The lowest BCUT2D eigenvalue weighted by Crippen LogP contribution is -2.37. The molecule has 4 nitrogen and oxygen atoms in total. The normalized spacial score (nSPS) is 15.3. The van der Waals surface area contributed by atoms with Crippen LogP contribution in [0.25, 0.3) is 0 Å². The molecule has 3 aromatic rings. The zero-order chi connectivity index (χ0) is 22.9. The molecule has 0 unspecified atom stereocenters. The van der Waals surface area contributed by atoms with Crippen molar-refractivity contribution in [3.05, 3.63) is 108 Å². The maximum Gasteiger partial charge on any atom is 0.314 e. The second kappa shape index (κ2) is 11.3. The van der Waals surface area contributed by atoms with E-state index in [1.54, 1.807) is 0 Å².